The zero-order valence-corrected chi connectivity index (χ0v) is 27.0. The number of anilines is 3. The number of rotatable bonds is 13. The highest BCUT2D eigenvalue weighted by molar-refractivity contribution is 8.77. The lowest BCUT2D eigenvalue weighted by Crippen LogP contribution is -2.18. The molecule has 3 aromatic carbocycles. The zero-order chi connectivity index (χ0) is 31.1. The molecular formula is C31H30ClFN4O4S3. The molecule has 5 rings (SSSR count). The maximum atomic E-state index is 13.5. The molecule has 1 fully saturated rings. The zero-order valence-electron chi connectivity index (χ0n) is 23.8. The summed E-state index contributed by atoms with van der Waals surface area (Å²) in [6, 6.07) is 16.6. The first-order valence-electron chi connectivity index (χ1n) is 14.0. The quantitative estimate of drug-likeness (QED) is 0.135. The molecule has 0 amide bonds. The van der Waals surface area contributed by atoms with E-state index in [4.69, 9.17) is 21.1 Å². The van der Waals surface area contributed by atoms with Gasteiger partial charge in [-0.15, -0.1) is 0 Å². The van der Waals surface area contributed by atoms with E-state index in [1.807, 2.05) is 28.5 Å². The number of nitrogens with zero attached hydrogens (tertiary/aromatic N) is 2. The molecule has 2 N–H and O–H groups in total. The number of pyridine rings is 1. The van der Waals surface area contributed by atoms with E-state index in [1.54, 1.807) is 42.5 Å². The van der Waals surface area contributed by atoms with Gasteiger partial charge in [0, 0.05) is 34.3 Å². The molecule has 230 valence electrons. The van der Waals surface area contributed by atoms with Crippen molar-refractivity contribution in [3.8, 4) is 17.6 Å². The molecule has 0 radical (unpaired) electrons. The second-order valence-electron chi connectivity index (χ2n) is 10.0. The molecule has 0 aliphatic carbocycles. The molecule has 1 unspecified atom stereocenters. The number of nitriles is 1. The third-order valence-corrected chi connectivity index (χ3v) is 11.5. The summed E-state index contributed by atoms with van der Waals surface area (Å²) in [5, 5.41) is 14.5. The summed E-state index contributed by atoms with van der Waals surface area (Å²) in [6.45, 7) is 2.27. The predicted molar refractivity (Wildman–Crippen MR) is 178 cm³/mol. The average Bonchev–Trinajstić information content (AvgIpc) is 3.51. The molecule has 0 bridgehead atoms. The molecule has 1 aliphatic rings. The Morgan fingerprint density at radius 1 is 1.16 bits per heavy atom. The molecule has 4 aromatic rings. The Morgan fingerprint density at radius 2 is 2.02 bits per heavy atom. The topological polar surface area (TPSA) is 113 Å². The molecular weight excluding hydrogens is 643 g/mol. The standard InChI is InChI=1S/C31H30ClFN4O4S3/c1-2-40-30-16-27-25(15-28(30)37-44(38,39)12-4-7-24-10-11-42-43-24)31(21(17-34)18-35-27)36-23-8-9-29(26(32)14-23)41-19-20-5-3-6-22(33)13-20/h3,5-6,8-9,13-16,18,24,37H,2,4,7,10-12,19H2,1H3,(H,35,36). The summed E-state index contributed by atoms with van der Waals surface area (Å²) in [6.07, 6.45) is 3.94. The van der Waals surface area contributed by atoms with Crippen LogP contribution in [0.4, 0.5) is 21.5 Å². The molecule has 0 spiro atoms. The molecule has 1 aromatic heterocycles. The lowest BCUT2D eigenvalue weighted by molar-refractivity contribution is 0.306. The van der Waals surface area contributed by atoms with Crippen LogP contribution in [0.2, 0.25) is 5.02 Å². The summed E-state index contributed by atoms with van der Waals surface area (Å²) in [5.74, 6) is 1.50. The van der Waals surface area contributed by atoms with Crippen LogP contribution >= 0.6 is 33.2 Å². The van der Waals surface area contributed by atoms with Gasteiger partial charge in [0.15, 0.2) is 0 Å². The first kappa shape index (κ1) is 32.0. The van der Waals surface area contributed by atoms with Gasteiger partial charge in [-0.3, -0.25) is 9.71 Å². The van der Waals surface area contributed by atoms with Gasteiger partial charge in [-0.1, -0.05) is 45.3 Å². The van der Waals surface area contributed by atoms with Crippen LogP contribution in [0.15, 0.2) is 60.8 Å². The number of ether oxygens (including phenoxy) is 2. The number of hydrogen-bond acceptors (Lipinski definition) is 9. The van der Waals surface area contributed by atoms with Crippen LogP contribution in [-0.2, 0) is 16.6 Å². The fourth-order valence-corrected chi connectivity index (χ4v) is 9.11. The molecule has 1 saturated heterocycles. The van der Waals surface area contributed by atoms with Crippen LogP contribution in [0, 0.1) is 17.1 Å². The largest absolute Gasteiger partial charge is 0.492 e. The summed E-state index contributed by atoms with van der Waals surface area (Å²) >= 11 is 6.51. The van der Waals surface area contributed by atoms with Crippen LogP contribution in [0.3, 0.4) is 0 Å². The first-order chi connectivity index (χ1) is 21.2. The fraction of sp³-hybridized carbons (Fsp3) is 0.290. The Bertz CT molecular complexity index is 1800. The molecule has 1 aliphatic heterocycles. The van der Waals surface area contributed by atoms with Gasteiger partial charge in [0.2, 0.25) is 10.0 Å². The monoisotopic (exact) mass is 672 g/mol. The maximum absolute atomic E-state index is 13.5. The van der Waals surface area contributed by atoms with Crippen molar-refractivity contribution in [2.24, 2.45) is 0 Å². The van der Waals surface area contributed by atoms with Gasteiger partial charge >= 0.3 is 0 Å². The molecule has 2 heterocycles. The number of hydrogen-bond donors (Lipinski definition) is 2. The number of benzene rings is 3. The lowest BCUT2D eigenvalue weighted by Gasteiger charge is -2.17. The predicted octanol–water partition coefficient (Wildman–Crippen LogP) is 8.30. The van der Waals surface area contributed by atoms with Crippen molar-refractivity contribution in [1.82, 2.24) is 4.98 Å². The smallest absolute Gasteiger partial charge is 0.232 e. The van der Waals surface area contributed by atoms with Gasteiger partial charge in [-0.05, 0) is 68.1 Å². The van der Waals surface area contributed by atoms with Crippen LogP contribution in [-0.4, -0.2) is 36.8 Å². The SMILES string of the molecule is CCOc1cc2ncc(C#N)c(Nc3ccc(OCc4cccc(F)c4)c(Cl)c3)c2cc1NS(=O)(=O)CCCC1CCSS1. The molecule has 0 saturated carbocycles. The molecule has 8 nitrogen and oxygen atoms in total. The third kappa shape index (κ3) is 8.21. The van der Waals surface area contributed by atoms with E-state index in [-0.39, 0.29) is 29.4 Å². The Labute approximate surface area is 269 Å². The number of fused-ring (bicyclic) bond motifs is 1. The minimum atomic E-state index is -3.67. The Balaban J connectivity index is 1.40. The molecule has 44 heavy (non-hydrogen) atoms. The number of halogens is 2. The van der Waals surface area contributed by atoms with Crippen molar-refractivity contribution >= 4 is 71.2 Å². The van der Waals surface area contributed by atoms with E-state index in [2.05, 4.69) is 21.1 Å². The van der Waals surface area contributed by atoms with Crippen molar-refractivity contribution in [2.75, 3.05) is 28.2 Å². The summed E-state index contributed by atoms with van der Waals surface area (Å²) in [4.78, 5) is 4.42. The van der Waals surface area contributed by atoms with Gasteiger partial charge in [-0.2, -0.15) is 5.26 Å². The minimum absolute atomic E-state index is 0.00788. The van der Waals surface area contributed by atoms with Gasteiger partial charge in [-0.25, -0.2) is 12.8 Å². The summed E-state index contributed by atoms with van der Waals surface area (Å²) in [7, 11) is -0.00138. The minimum Gasteiger partial charge on any atom is -0.492 e. The van der Waals surface area contributed by atoms with Crippen molar-refractivity contribution in [1.29, 1.82) is 5.26 Å². The first-order valence-corrected chi connectivity index (χ1v) is 18.4. The van der Waals surface area contributed by atoms with E-state index >= 15 is 0 Å². The van der Waals surface area contributed by atoms with Crippen LogP contribution in [0.25, 0.3) is 10.9 Å². The van der Waals surface area contributed by atoms with E-state index < -0.39 is 10.0 Å². The van der Waals surface area contributed by atoms with Crippen molar-refractivity contribution in [2.45, 2.75) is 38.0 Å². The normalized spacial score (nSPS) is 14.7. The summed E-state index contributed by atoms with van der Waals surface area (Å²) < 4.78 is 53.9. The number of sulfonamides is 1. The summed E-state index contributed by atoms with van der Waals surface area (Å²) in [5.41, 5.74) is 2.69. The van der Waals surface area contributed by atoms with Gasteiger partial charge < -0.3 is 14.8 Å². The maximum Gasteiger partial charge on any atom is 0.232 e. The van der Waals surface area contributed by atoms with E-state index in [0.717, 1.165) is 18.6 Å². The second kappa shape index (κ2) is 14.6. The van der Waals surface area contributed by atoms with Gasteiger partial charge in [0.1, 0.15) is 30.0 Å². The van der Waals surface area contributed by atoms with Crippen molar-refractivity contribution in [3.05, 3.63) is 82.8 Å². The highest BCUT2D eigenvalue weighted by Gasteiger charge is 2.21. The average molecular weight is 673 g/mol. The Kier molecular flexibility index (Phi) is 10.6. The van der Waals surface area contributed by atoms with E-state index in [0.29, 0.717) is 62.6 Å². The van der Waals surface area contributed by atoms with Gasteiger partial charge in [0.25, 0.3) is 0 Å². The Hall–Kier alpha value is -3.37. The number of aromatic nitrogens is 1. The number of nitrogens with one attached hydrogen (secondary N) is 2. The third-order valence-electron chi connectivity index (χ3n) is 6.81. The van der Waals surface area contributed by atoms with Crippen LogP contribution in [0.5, 0.6) is 11.5 Å². The fourth-order valence-electron chi connectivity index (χ4n) is 4.71. The Morgan fingerprint density at radius 3 is 2.75 bits per heavy atom. The molecule has 13 heteroatoms. The lowest BCUT2D eigenvalue weighted by atomic mass is 10.1. The highest BCUT2D eigenvalue weighted by atomic mass is 35.5. The second-order valence-corrected chi connectivity index (χ2v) is 15.1. The highest BCUT2D eigenvalue weighted by Crippen LogP contribution is 2.40. The van der Waals surface area contributed by atoms with E-state index in [1.165, 1.54) is 18.3 Å². The van der Waals surface area contributed by atoms with Gasteiger partial charge in [0.05, 0.1) is 39.8 Å². The van der Waals surface area contributed by atoms with E-state index in [9.17, 15) is 18.1 Å². The van der Waals surface area contributed by atoms with Crippen molar-refractivity contribution < 1.29 is 22.3 Å². The molecule has 1 atom stereocenters. The van der Waals surface area contributed by atoms with Crippen molar-refractivity contribution in [3.63, 3.8) is 0 Å². The van der Waals surface area contributed by atoms with Crippen LogP contribution < -0.4 is 19.5 Å². The van der Waals surface area contributed by atoms with Crippen LogP contribution in [0.1, 0.15) is 37.3 Å².